The summed E-state index contributed by atoms with van der Waals surface area (Å²) in [6.45, 7) is 2.28. The fraction of sp³-hybridized carbons (Fsp3) is 0.278. The zero-order valence-electron chi connectivity index (χ0n) is 12.3. The number of anilines is 1. The zero-order chi connectivity index (χ0) is 14.9. The zero-order valence-corrected chi connectivity index (χ0v) is 12.3. The Bertz CT molecular complexity index is 640. The van der Waals surface area contributed by atoms with E-state index in [1.165, 1.54) is 18.4 Å². The van der Waals surface area contributed by atoms with E-state index in [1.54, 1.807) is 31.4 Å². The molecule has 1 amide bonds. The van der Waals surface area contributed by atoms with Gasteiger partial charge >= 0.3 is 0 Å². The molecular weight excluding hydrogens is 262 g/mol. The summed E-state index contributed by atoms with van der Waals surface area (Å²) in [5, 5.41) is 2.91. The molecule has 0 spiro atoms. The second kappa shape index (κ2) is 5.24. The molecule has 0 atom stereocenters. The summed E-state index contributed by atoms with van der Waals surface area (Å²) >= 11 is 0. The van der Waals surface area contributed by atoms with Crippen LogP contribution >= 0.6 is 0 Å². The van der Waals surface area contributed by atoms with Crippen molar-refractivity contribution in [3.63, 3.8) is 0 Å². The van der Waals surface area contributed by atoms with Crippen molar-refractivity contribution in [2.45, 2.75) is 25.2 Å². The Kier molecular flexibility index (Phi) is 3.42. The highest BCUT2D eigenvalue weighted by molar-refractivity contribution is 6.04. The molecule has 21 heavy (non-hydrogen) atoms. The summed E-state index contributed by atoms with van der Waals surface area (Å²) in [6, 6.07) is 15.2. The van der Waals surface area contributed by atoms with Gasteiger partial charge in [0.15, 0.2) is 0 Å². The lowest BCUT2D eigenvalue weighted by atomic mass is 9.98. The number of methoxy groups -OCH3 is 1. The normalized spacial score (nSPS) is 15.3. The average molecular weight is 281 g/mol. The Labute approximate surface area is 124 Å². The molecule has 2 aromatic rings. The van der Waals surface area contributed by atoms with Crippen molar-refractivity contribution in [3.05, 3.63) is 59.7 Å². The molecule has 1 N–H and O–H groups in total. The maximum absolute atomic E-state index is 12.2. The molecule has 3 rings (SSSR count). The summed E-state index contributed by atoms with van der Waals surface area (Å²) in [7, 11) is 1.61. The Morgan fingerprint density at radius 2 is 1.67 bits per heavy atom. The van der Waals surface area contributed by atoms with Crippen LogP contribution in [-0.2, 0) is 5.41 Å². The number of carbonyl (C=O) groups excluding carboxylic acids is 1. The van der Waals surface area contributed by atoms with Gasteiger partial charge in [-0.25, -0.2) is 0 Å². The first-order valence-corrected chi connectivity index (χ1v) is 7.17. The molecule has 1 saturated carbocycles. The van der Waals surface area contributed by atoms with Crippen LogP contribution in [0.2, 0.25) is 0 Å². The molecule has 0 saturated heterocycles. The van der Waals surface area contributed by atoms with Crippen molar-refractivity contribution in [2.24, 2.45) is 0 Å². The van der Waals surface area contributed by atoms with Gasteiger partial charge in [0.1, 0.15) is 5.75 Å². The maximum atomic E-state index is 12.2. The molecule has 108 valence electrons. The smallest absolute Gasteiger partial charge is 0.255 e. The number of ether oxygens (including phenoxy) is 1. The molecule has 3 heteroatoms. The van der Waals surface area contributed by atoms with Gasteiger partial charge in [0.25, 0.3) is 5.91 Å². The van der Waals surface area contributed by atoms with Crippen molar-refractivity contribution in [3.8, 4) is 5.75 Å². The quantitative estimate of drug-likeness (QED) is 0.920. The van der Waals surface area contributed by atoms with Crippen LogP contribution in [0.3, 0.4) is 0 Å². The molecule has 0 bridgehead atoms. The van der Waals surface area contributed by atoms with Crippen molar-refractivity contribution in [1.82, 2.24) is 0 Å². The van der Waals surface area contributed by atoms with Crippen LogP contribution in [-0.4, -0.2) is 13.0 Å². The first-order valence-electron chi connectivity index (χ1n) is 7.17. The van der Waals surface area contributed by atoms with Gasteiger partial charge in [0.05, 0.1) is 7.11 Å². The van der Waals surface area contributed by atoms with E-state index in [4.69, 9.17) is 4.74 Å². The minimum atomic E-state index is -0.108. The van der Waals surface area contributed by atoms with Crippen molar-refractivity contribution >= 4 is 11.6 Å². The number of amides is 1. The molecule has 1 fully saturated rings. The van der Waals surface area contributed by atoms with Gasteiger partial charge in [0, 0.05) is 11.3 Å². The Morgan fingerprint density at radius 1 is 1.05 bits per heavy atom. The number of nitrogens with one attached hydrogen (secondary N) is 1. The first kappa shape index (κ1) is 13.7. The summed E-state index contributed by atoms with van der Waals surface area (Å²) in [5.74, 6) is 0.636. The Hall–Kier alpha value is -2.29. The lowest BCUT2D eigenvalue weighted by Crippen LogP contribution is -2.12. The molecule has 0 aromatic heterocycles. The predicted octanol–water partition coefficient (Wildman–Crippen LogP) is 4.00. The molecule has 0 heterocycles. The van der Waals surface area contributed by atoms with Crippen molar-refractivity contribution < 1.29 is 9.53 Å². The first-order chi connectivity index (χ1) is 10.1. The van der Waals surface area contributed by atoms with Crippen LogP contribution < -0.4 is 10.1 Å². The standard InChI is InChI=1S/C18H19NO2/c1-18(11-12-18)14-5-7-15(8-6-14)19-17(20)13-3-9-16(21-2)10-4-13/h3-10H,11-12H2,1-2H3,(H,19,20). The van der Waals surface area contributed by atoms with Crippen molar-refractivity contribution in [2.75, 3.05) is 12.4 Å². The summed E-state index contributed by atoms with van der Waals surface area (Å²) in [4.78, 5) is 12.2. The highest BCUT2D eigenvalue weighted by Gasteiger charge is 2.38. The third-order valence-electron chi connectivity index (χ3n) is 4.19. The lowest BCUT2D eigenvalue weighted by Gasteiger charge is -2.10. The topological polar surface area (TPSA) is 38.3 Å². The molecule has 2 aromatic carbocycles. The van der Waals surface area contributed by atoms with Crippen LogP contribution in [0.4, 0.5) is 5.69 Å². The van der Waals surface area contributed by atoms with E-state index in [1.807, 2.05) is 12.1 Å². The number of rotatable bonds is 4. The predicted molar refractivity (Wildman–Crippen MR) is 84.0 cm³/mol. The van der Waals surface area contributed by atoms with E-state index in [9.17, 15) is 4.79 Å². The second-order valence-corrected chi connectivity index (χ2v) is 5.82. The highest BCUT2D eigenvalue weighted by Crippen LogP contribution is 2.47. The molecule has 0 radical (unpaired) electrons. The van der Waals surface area contributed by atoms with Crippen LogP contribution in [0.5, 0.6) is 5.75 Å². The van der Waals surface area contributed by atoms with E-state index in [2.05, 4.69) is 24.4 Å². The molecule has 1 aliphatic rings. The fourth-order valence-electron chi connectivity index (χ4n) is 2.38. The van der Waals surface area contributed by atoms with E-state index in [0.29, 0.717) is 11.0 Å². The van der Waals surface area contributed by atoms with Gasteiger partial charge in [0.2, 0.25) is 0 Å². The highest BCUT2D eigenvalue weighted by atomic mass is 16.5. The number of hydrogen-bond acceptors (Lipinski definition) is 2. The average Bonchev–Trinajstić information content (AvgIpc) is 3.27. The van der Waals surface area contributed by atoms with Gasteiger partial charge in [-0.2, -0.15) is 0 Å². The van der Waals surface area contributed by atoms with Crippen molar-refractivity contribution in [1.29, 1.82) is 0 Å². The van der Waals surface area contributed by atoms with Gasteiger partial charge in [-0.3, -0.25) is 4.79 Å². The summed E-state index contributed by atoms with van der Waals surface area (Å²) in [5.41, 5.74) is 3.15. The third-order valence-corrected chi connectivity index (χ3v) is 4.19. The lowest BCUT2D eigenvalue weighted by molar-refractivity contribution is 0.102. The molecule has 0 unspecified atom stereocenters. The number of benzene rings is 2. The fourth-order valence-corrected chi connectivity index (χ4v) is 2.38. The minimum absolute atomic E-state index is 0.108. The van der Waals surface area contributed by atoms with Gasteiger partial charge in [-0.1, -0.05) is 19.1 Å². The second-order valence-electron chi connectivity index (χ2n) is 5.82. The van der Waals surface area contributed by atoms with Crippen LogP contribution in [0.15, 0.2) is 48.5 Å². The number of hydrogen-bond donors (Lipinski definition) is 1. The third kappa shape index (κ3) is 2.92. The number of carbonyl (C=O) groups is 1. The van der Waals surface area contributed by atoms with E-state index < -0.39 is 0 Å². The Balaban J connectivity index is 1.69. The maximum Gasteiger partial charge on any atom is 0.255 e. The van der Waals surface area contributed by atoms with Gasteiger partial charge in [-0.05, 0) is 60.2 Å². The van der Waals surface area contributed by atoms with E-state index in [0.717, 1.165) is 11.4 Å². The molecular formula is C18H19NO2. The van der Waals surface area contributed by atoms with E-state index in [-0.39, 0.29) is 5.91 Å². The van der Waals surface area contributed by atoms with Gasteiger partial charge in [-0.15, -0.1) is 0 Å². The molecule has 1 aliphatic carbocycles. The van der Waals surface area contributed by atoms with Crippen LogP contribution in [0, 0.1) is 0 Å². The van der Waals surface area contributed by atoms with E-state index >= 15 is 0 Å². The molecule has 3 nitrogen and oxygen atoms in total. The van der Waals surface area contributed by atoms with Crippen LogP contribution in [0.25, 0.3) is 0 Å². The summed E-state index contributed by atoms with van der Waals surface area (Å²) in [6.07, 6.45) is 2.51. The SMILES string of the molecule is COc1ccc(C(=O)Nc2ccc(C3(C)CC3)cc2)cc1. The van der Waals surface area contributed by atoms with Crippen LogP contribution in [0.1, 0.15) is 35.7 Å². The van der Waals surface area contributed by atoms with Gasteiger partial charge < -0.3 is 10.1 Å². The largest absolute Gasteiger partial charge is 0.497 e. The minimum Gasteiger partial charge on any atom is -0.497 e. The Morgan fingerprint density at radius 3 is 2.19 bits per heavy atom. The molecule has 0 aliphatic heterocycles. The monoisotopic (exact) mass is 281 g/mol. The summed E-state index contributed by atoms with van der Waals surface area (Å²) < 4.78 is 5.09.